The molecule has 0 atom stereocenters. The third-order valence-corrected chi connectivity index (χ3v) is 2.56. The van der Waals surface area contributed by atoms with E-state index in [1.807, 2.05) is 6.08 Å². The fourth-order valence-electron chi connectivity index (χ4n) is 1.59. The van der Waals surface area contributed by atoms with Crippen LogP contribution in [0.1, 0.15) is 58.3 Å². The molecule has 0 heterocycles. The van der Waals surface area contributed by atoms with E-state index in [-0.39, 0.29) is 5.97 Å². The van der Waals surface area contributed by atoms with E-state index in [0.717, 1.165) is 12.8 Å². The van der Waals surface area contributed by atoms with Gasteiger partial charge in [-0.3, -0.25) is 4.79 Å². The molecular formula is C15H26O3. The predicted octanol–water partition coefficient (Wildman–Crippen LogP) is 4.34. The van der Waals surface area contributed by atoms with Crippen LogP contribution in [-0.2, 0) is 14.3 Å². The van der Waals surface area contributed by atoms with E-state index in [1.54, 1.807) is 0 Å². The van der Waals surface area contributed by atoms with Crippen molar-refractivity contribution in [2.75, 3.05) is 6.61 Å². The van der Waals surface area contributed by atoms with Crippen molar-refractivity contribution in [3.8, 4) is 0 Å². The molecule has 0 aliphatic rings. The van der Waals surface area contributed by atoms with Crippen LogP contribution in [0.4, 0.5) is 0 Å². The van der Waals surface area contributed by atoms with Gasteiger partial charge in [-0.05, 0) is 19.3 Å². The van der Waals surface area contributed by atoms with E-state index in [4.69, 9.17) is 4.74 Å². The molecule has 3 heteroatoms. The van der Waals surface area contributed by atoms with E-state index in [9.17, 15) is 4.79 Å². The molecule has 0 rings (SSSR count). The van der Waals surface area contributed by atoms with Crippen LogP contribution in [0.2, 0.25) is 0 Å². The summed E-state index contributed by atoms with van der Waals surface area (Å²) >= 11 is 0. The monoisotopic (exact) mass is 254 g/mol. The van der Waals surface area contributed by atoms with Gasteiger partial charge in [0.25, 0.3) is 0 Å². The molecule has 0 amide bonds. The van der Waals surface area contributed by atoms with Gasteiger partial charge in [-0.1, -0.05) is 38.2 Å². The van der Waals surface area contributed by atoms with Crippen LogP contribution in [0.5, 0.6) is 0 Å². The van der Waals surface area contributed by atoms with Crippen molar-refractivity contribution >= 4 is 5.97 Å². The van der Waals surface area contributed by atoms with Gasteiger partial charge in [0.15, 0.2) is 0 Å². The molecule has 0 bridgehead atoms. The quantitative estimate of drug-likeness (QED) is 0.225. The van der Waals surface area contributed by atoms with Crippen molar-refractivity contribution in [2.45, 2.75) is 58.3 Å². The molecule has 0 aromatic carbocycles. The Morgan fingerprint density at radius 1 is 1.00 bits per heavy atom. The topological polar surface area (TPSA) is 35.5 Å². The lowest BCUT2D eigenvalue weighted by Gasteiger charge is -2.02. The average Bonchev–Trinajstić information content (AvgIpc) is 2.34. The Labute approximate surface area is 111 Å². The highest BCUT2D eigenvalue weighted by Gasteiger charge is 1.91. The van der Waals surface area contributed by atoms with Gasteiger partial charge in [-0.25, -0.2) is 0 Å². The van der Waals surface area contributed by atoms with Crippen LogP contribution >= 0.6 is 0 Å². The number of carbonyl (C=O) groups is 1. The Kier molecular flexibility index (Phi) is 12.9. The van der Waals surface area contributed by atoms with Crippen molar-refractivity contribution in [3.63, 3.8) is 0 Å². The molecule has 0 saturated carbocycles. The Morgan fingerprint density at radius 3 is 2.22 bits per heavy atom. The highest BCUT2D eigenvalue weighted by molar-refractivity contribution is 5.66. The third kappa shape index (κ3) is 14.8. The highest BCUT2D eigenvalue weighted by atomic mass is 16.5. The van der Waals surface area contributed by atoms with E-state index >= 15 is 0 Å². The molecule has 0 aromatic rings. The number of hydrogen-bond acceptors (Lipinski definition) is 3. The summed E-state index contributed by atoms with van der Waals surface area (Å²) in [6.45, 7) is 5.76. The van der Waals surface area contributed by atoms with E-state index < -0.39 is 0 Å². The summed E-state index contributed by atoms with van der Waals surface area (Å²) in [6, 6.07) is 0. The molecule has 0 N–H and O–H groups in total. The van der Waals surface area contributed by atoms with Crippen LogP contribution in [0.25, 0.3) is 0 Å². The standard InChI is InChI=1S/C15H26O3/c1-3-4-5-6-7-8-9-10-11-12-17-13-14-18-15(2)16/h3,13-14H,1,4-12H2,2H3/b14-13-. The van der Waals surface area contributed by atoms with Crippen LogP contribution in [0.15, 0.2) is 25.2 Å². The molecule has 104 valence electrons. The van der Waals surface area contributed by atoms with Gasteiger partial charge in [0.05, 0.1) is 6.61 Å². The summed E-state index contributed by atoms with van der Waals surface area (Å²) in [7, 11) is 0. The summed E-state index contributed by atoms with van der Waals surface area (Å²) in [5, 5.41) is 0. The first-order chi connectivity index (χ1) is 8.77. The maximum absolute atomic E-state index is 10.4. The second-order valence-electron chi connectivity index (χ2n) is 4.30. The van der Waals surface area contributed by atoms with Crippen molar-refractivity contribution < 1.29 is 14.3 Å². The molecule has 0 aromatic heterocycles. The van der Waals surface area contributed by atoms with E-state index in [1.165, 1.54) is 58.0 Å². The molecule has 0 spiro atoms. The molecule has 0 radical (unpaired) electrons. The van der Waals surface area contributed by atoms with Crippen molar-refractivity contribution in [2.24, 2.45) is 0 Å². The molecule has 0 aliphatic carbocycles. The lowest BCUT2D eigenvalue weighted by atomic mass is 10.1. The first-order valence-electron chi connectivity index (χ1n) is 6.82. The number of allylic oxidation sites excluding steroid dienone is 1. The van der Waals surface area contributed by atoms with Crippen molar-refractivity contribution in [1.29, 1.82) is 0 Å². The Bertz CT molecular complexity index is 234. The summed E-state index contributed by atoms with van der Waals surface area (Å²) in [4.78, 5) is 10.4. The smallest absolute Gasteiger partial charge is 0.307 e. The minimum Gasteiger partial charge on any atom is -0.498 e. The normalized spacial score (nSPS) is 10.5. The first-order valence-corrected chi connectivity index (χ1v) is 6.82. The zero-order chi connectivity index (χ0) is 13.5. The van der Waals surface area contributed by atoms with Crippen LogP contribution in [0, 0.1) is 0 Å². The fraction of sp³-hybridized carbons (Fsp3) is 0.667. The van der Waals surface area contributed by atoms with Gasteiger partial charge in [-0.15, -0.1) is 6.58 Å². The predicted molar refractivity (Wildman–Crippen MR) is 74.0 cm³/mol. The zero-order valence-corrected chi connectivity index (χ0v) is 11.5. The van der Waals surface area contributed by atoms with Crippen molar-refractivity contribution in [1.82, 2.24) is 0 Å². The molecule has 18 heavy (non-hydrogen) atoms. The van der Waals surface area contributed by atoms with Crippen LogP contribution in [0.3, 0.4) is 0 Å². The molecular weight excluding hydrogens is 228 g/mol. The number of ether oxygens (including phenoxy) is 2. The van der Waals surface area contributed by atoms with Crippen LogP contribution in [-0.4, -0.2) is 12.6 Å². The van der Waals surface area contributed by atoms with Gasteiger partial charge in [-0.2, -0.15) is 0 Å². The third-order valence-electron chi connectivity index (χ3n) is 2.56. The van der Waals surface area contributed by atoms with Gasteiger partial charge in [0, 0.05) is 6.92 Å². The van der Waals surface area contributed by atoms with E-state index in [2.05, 4.69) is 11.3 Å². The number of rotatable bonds is 12. The molecule has 0 saturated heterocycles. The average molecular weight is 254 g/mol. The van der Waals surface area contributed by atoms with Crippen LogP contribution < -0.4 is 0 Å². The SMILES string of the molecule is C=CCCCCCCCCCO/C=C\OC(C)=O. The molecule has 0 aliphatic heterocycles. The van der Waals surface area contributed by atoms with Gasteiger partial charge in [0.2, 0.25) is 0 Å². The Hall–Kier alpha value is -1.25. The Balaban J connectivity index is 3.05. The van der Waals surface area contributed by atoms with Crippen molar-refractivity contribution in [3.05, 3.63) is 25.2 Å². The lowest BCUT2D eigenvalue weighted by Crippen LogP contribution is -1.92. The number of carbonyl (C=O) groups excluding carboxylic acids is 1. The van der Waals surface area contributed by atoms with Gasteiger partial charge < -0.3 is 9.47 Å². The fourth-order valence-corrected chi connectivity index (χ4v) is 1.59. The summed E-state index contributed by atoms with van der Waals surface area (Å²) < 4.78 is 9.76. The summed E-state index contributed by atoms with van der Waals surface area (Å²) in [6.07, 6.45) is 14.6. The minimum atomic E-state index is -0.327. The number of esters is 1. The maximum Gasteiger partial charge on any atom is 0.307 e. The van der Waals surface area contributed by atoms with Gasteiger partial charge >= 0.3 is 5.97 Å². The molecule has 0 unspecified atom stereocenters. The largest absolute Gasteiger partial charge is 0.498 e. The number of unbranched alkanes of at least 4 members (excludes halogenated alkanes) is 7. The van der Waals surface area contributed by atoms with Gasteiger partial charge in [0.1, 0.15) is 12.5 Å². The highest BCUT2D eigenvalue weighted by Crippen LogP contribution is 2.08. The maximum atomic E-state index is 10.4. The first kappa shape index (κ1) is 16.8. The van der Waals surface area contributed by atoms with E-state index in [0.29, 0.717) is 6.61 Å². The summed E-state index contributed by atoms with van der Waals surface area (Å²) in [5.41, 5.74) is 0. The summed E-state index contributed by atoms with van der Waals surface area (Å²) in [5.74, 6) is -0.327. The number of hydrogen-bond donors (Lipinski definition) is 0. The second-order valence-corrected chi connectivity index (χ2v) is 4.30. The Morgan fingerprint density at radius 2 is 1.61 bits per heavy atom. The lowest BCUT2D eigenvalue weighted by molar-refractivity contribution is -0.135. The molecule has 3 nitrogen and oxygen atoms in total. The zero-order valence-electron chi connectivity index (χ0n) is 11.5. The molecule has 0 fully saturated rings. The second kappa shape index (κ2) is 13.8. The minimum absolute atomic E-state index is 0.327.